The normalized spacial score (nSPS) is 14.2. The molecule has 9 aromatic carbocycles. The Kier molecular flexibility index (Phi) is 4.19. The first-order chi connectivity index (χ1) is 26.7. The zero-order valence-electron chi connectivity index (χ0n) is 33.0. The van der Waals surface area contributed by atoms with Gasteiger partial charge in [-0.1, -0.05) is 151 Å². The Morgan fingerprint density at radius 3 is 1.60 bits per heavy atom. The van der Waals surface area contributed by atoms with E-state index in [1.807, 2.05) is 109 Å². The summed E-state index contributed by atoms with van der Waals surface area (Å²) in [5, 5.41) is 6.24. The lowest BCUT2D eigenvalue weighted by Gasteiger charge is -2.20. The highest BCUT2D eigenvalue weighted by molar-refractivity contribution is 6.25. The van der Waals surface area contributed by atoms with Crippen molar-refractivity contribution in [1.82, 2.24) is 0 Å². The third-order valence-corrected chi connectivity index (χ3v) is 9.28. The standard InChI is InChI=1S/C46H28O/c1-2-15-31-28-43-41(27-30(31)14-1)46-36(25-12-26-42(46)47-43)33-18-5-6-19-35(33)45-39-22-9-7-20-37(39)44(38-21-8-10-23-40(38)45)34-24-11-16-29-13-3-4-17-32(29)34/h1-28H/i7D,8D,9D,10D,20D,21D,22D,23D. The number of hydrogen-bond donors (Lipinski definition) is 0. The molecule has 0 amide bonds. The van der Waals surface area contributed by atoms with Crippen molar-refractivity contribution in [1.29, 1.82) is 0 Å². The van der Waals surface area contributed by atoms with Crippen molar-refractivity contribution in [3.05, 3.63) is 170 Å². The summed E-state index contributed by atoms with van der Waals surface area (Å²) in [6.45, 7) is 0. The maximum Gasteiger partial charge on any atom is 0.136 e. The largest absolute Gasteiger partial charge is 0.456 e. The first kappa shape index (κ1) is 19.4. The van der Waals surface area contributed by atoms with Crippen molar-refractivity contribution in [2.75, 3.05) is 0 Å². The van der Waals surface area contributed by atoms with Gasteiger partial charge in [-0.15, -0.1) is 0 Å². The van der Waals surface area contributed by atoms with E-state index in [2.05, 4.69) is 12.1 Å². The minimum absolute atomic E-state index is 0.175. The molecule has 0 saturated carbocycles. The topological polar surface area (TPSA) is 13.1 Å². The van der Waals surface area contributed by atoms with Crippen LogP contribution in [0.2, 0.25) is 0 Å². The minimum Gasteiger partial charge on any atom is -0.456 e. The van der Waals surface area contributed by atoms with E-state index in [1.54, 1.807) is 0 Å². The molecule has 0 saturated heterocycles. The molecule has 0 aliphatic rings. The molecule has 0 atom stereocenters. The first-order valence-electron chi connectivity index (χ1n) is 19.5. The van der Waals surface area contributed by atoms with E-state index in [9.17, 15) is 5.48 Å². The van der Waals surface area contributed by atoms with Crippen LogP contribution in [0.1, 0.15) is 11.0 Å². The SMILES string of the molecule is [2H]c1c([2H])c([2H])c2c(-c3cccc4ccccc34)c3c([2H])c([2H])c([2H])c([2H])c3c(-c3ccccc3-c3cccc4oc5cc6ccccc6cc5c34)c2c1[2H]. The Morgan fingerprint density at radius 1 is 0.362 bits per heavy atom. The molecular formula is C46H28O. The van der Waals surface area contributed by atoms with Gasteiger partial charge in [0.15, 0.2) is 0 Å². The van der Waals surface area contributed by atoms with E-state index < -0.39 is 24.2 Å². The molecule has 0 fully saturated rings. The summed E-state index contributed by atoms with van der Waals surface area (Å²) >= 11 is 0. The van der Waals surface area contributed by atoms with Crippen LogP contribution in [-0.2, 0) is 0 Å². The molecule has 1 heteroatoms. The van der Waals surface area contributed by atoms with Gasteiger partial charge in [0.25, 0.3) is 0 Å². The van der Waals surface area contributed by atoms with E-state index in [4.69, 9.17) is 9.90 Å². The summed E-state index contributed by atoms with van der Waals surface area (Å²) in [6, 6.07) is 36.0. The van der Waals surface area contributed by atoms with Gasteiger partial charge >= 0.3 is 0 Å². The predicted molar refractivity (Wildman–Crippen MR) is 200 cm³/mol. The Morgan fingerprint density at radius 2 is 0.872 bits per heavy atom. The number of furan rings is 1. The smallest absolute Gasteiger partial charge is 0.136 e. The molecule has 1 nitrogen and oxygen atoms in total. The Balaban J connectivity index is 1.44. The van der Waals surface area contributed by atoms with Crippen LogP contribution in [0.3, 0.4) is 0 Å². The Labute approximate surface area is 283 Å². The van der Waals surface area contributed by atoms with E-state index in [0.29, 0.717) is 33.4 Å². The second kappa shape index (κ2) is 10.2. The lowest BCUT2D eigenvalue weighted by Crippen LogP contribution is -1.93. The Bertz CT molecular complexity index is 3220. The fourth-order valence-electron chi connectivity index (χ4n) is 7.28. The van der Waals surface area contributed by atoms with Crippen molar-refractivity contribution in [2.24, 2.45) is 0 Å². The second-order valence-corrected chi connectivity index (χ2v) is 11.8. The first-order valence-corrected chi connectivity index (χ1v) is 15.5. The van der Waals surface area contributed by atoms with Crippen LogP contribution < -0.4 is 0 Å². The van der Waals surface area contributed by atoms with Gasteiger partial charge in [0, 0.05) is 10.8 Å². The molecule has 0 bridgehead atoms. The van der Waals surface area contributed by atoms with E-state index >= 15 is 0 Å². The predicted octanol–water partition coefficient (Wildman–Crippen LogP) is 13.2. The third kappa shape index (κ3) is 3.90. The summed E-state index contributed by atoms with van der Waals surface area (Å²) in [6.07, 6.45) is 0. The second-order valence-electron chi connectivity index (χ2n) is 11.8. The van der Waals surface area contributed by atoms with Gasteiger partial charge in [0.2, 0.25) is 0 Å². The summed E-state index contributed by atoms with van der Waals surface area (Å²) in [5.74, 6) is 0. The fourth-order valence-corrected chi connectivity index (χ4v) is 7.28. The monoisotopic (exact) mass is 604 g/mol. The van der Waals surface area contributed by atoms with Crippen LogP contribution >= 0.6 is 0 Å². The Hall–Kier alpha value is -6.18. The van der Waals surface area contributed by atoms with Crippen LogP contribution in [-0.4, -0.2) is 0 Å². The van der Waals surface area contributed by atoms with Crippen molar-refractivity contribution < 1.29 is 15.4 Å². The van der Waals surface area contributed by atoms with Gasteiger partial charge < -0.3 is 4.42 Å². The van der Waals surface area contributed by atoms with Crippen LogP contribution in [0.25, 0.3) is 98.4 Å². The van der Waals surface area contributed by atoms with E-state index in [-0.39, 0.29) is 45.7 Å². The molecule has 0 unspecified atom stereocenters. The van der Waals surface area contributed by atoms with Crippen molar-refractivity contribution >= 4 is 65.0 Å². The third-order valence-electron chi connectivity index (χ3n) is 9.28. The van der Waals surface area contributed by atoms with Gasteiger partial charge in [0.05, 0.1) is 11.0 Å². The van der Waals surface area contributed by atoms with E-state index in [1.165, 1.54) is 0 Å². The van der Waals surface area contributed by atoms with Crippen molar-refractivity contribution in [3.8, 4) is 33.4 Å². The molecule has 0 spiro atoms. The highest BCUT2D eigenvalue weighted by Gasteiger charge is 2.21. The molecule has 47 heavy (non-hydrogen) atoms. The molecule has 0 aliphatic heterocycles. The molecule has 10 aromatic rings. The van der Waals surface area contributed by atoms with Crippen LogP contribution in [0.15, 0.2) is 174 Å². The molecule has 1 heterocycles. The number of rotatable bonds is 3. The zero-order valence-corrected chi connectivity index (χ0v) is 25.0. The van der Waals surface area contributed by atoms with Crippen LogP contribution in [0.4, 0.5) is 0 Å². The molecule has 0 N–H and O–H groups in total. The van der Waals surface area contributed by atoms with Crippen LogP contribution in [0.5, 0.6) is 0 Å². The van der Waals surface area contributed by atoms with Crippen molar-refractivity contribution in [2.45, 2.75) is 0 Å². The molecule has 0 radical (unpaired) electrons. The number of fused-ring (bicyclic) bond motifs is 7. The molecule has 218 valence electrons. The fraction of sp³-hybridized carbons (Fsp3) is 0. The highest BCUT2D eigenvalue weighted by atomic mass is 16.3. The summed E-state index contributed by atoms with van der Waals surface area (Å²) in [5.41, 5.74) is 4.70. The molecule has 0 aliphatic carbocycles. The molecular weight excluding hydrogens is 569 g/mol. The lowest BCUT2D eigenvalue weighted by atomic mass is 9.82. The van der Waals surface area contributed by atoms with E-state index in [0.717, 1.165) is 43.5 Å². The van der Waals surface area contributed by atoms with Gasteiger partial charge in [-0.05, 0) is 94.7 Å². The average molecular weight is 605 g/mol. The highest BCUT2D eigenvalue weighted by Crippen LogP contribution is 2.48. The average Bonchev–Trinajstić information content (AvgIpc) is 3.58. The number of hydrogen-bond acceptors (Lipinski definition) is 1. The maximum atomic E-state index is 9.50. The van der Waals surface area contributed by atoms with Crippen molar-refractivity contribution in [3.63, 3.8) is 0 Å². The van der Waals surface area contributed by atoms with Gasteiger partial charge in [0.1, 0.15) is 11.2 Å². The number of benzene rings is 9. The zero-order chi connectivity index (χ0) is 37.9. The lowest BCUT2D eigenvalue weighted by molar-refractivity contribution is 0.669. The quantitative estimate of drug-likeness (QED) is 0.183. The maximum absolute atomic E-state index is 9.50. The van der Waals surface area contributed by atoms with Gasteiger partial charge in [-0.3, -0.25) is 0 Å². The molecule has 10 rings (SSSR count). The molecule has 1 aromatic heterocycles. The minimum atomic E-state index is -0.435. The summed E-state index contributed by atoms with van der Waals surface area (Å²) in [4.78, 5) is 0. The summed E-state index contributed by atoms with van der Waals surface area (Å²) in [7, 11) is 0. The van der Waals surface area contributed by atoms with Gasteiger partial charge in [-0.25, -0.2) is 0 Å². The van der Waals surface area contributed by atoms with Crippen LogP contribution in [0, 0.1) is 0 Å². The van der Waals surface area contributed by atoms with Gasteiger partial charge in [-0.2, -0.15) is 0 Å². The summed E-state index contributed by atoms with van der Waals surface area (Å²) < 4.78 is 79.9.